The van der Waals surface area contributed by atoms with Gasteiger partial charge in [0.15, 0.2) is 5.84 Å². The molecule has 0 unspecified atom stereocenters. The highest BCUT2D eigenvalue weighted by Gasteiger charge is 2.21. The number of ether oxygens (including phenoxy) is 1. The van der Waals surface area contributed by atoms with Crippen molar-refractivity contribution in [1.82, 2.24) is 10.9 Å². The fourth-order valence-corrected chi connectivity index (χ4v) is 1.90. The summed E-state index contributed by atoms with van der Waals surface area (Å²) >= 11 is 0. The molecular formula is C15H17N3O3. The van der Waals surface area contributed by atoms with Gasteiger partial charge in [-0.1, -0.05) is 30.3 Å². The summed E-state index contributed by atoms with van der Waals surface area (Å²) in [6, 6.07) is 9.41. The van der Waals surface area contributed by atoms with E-state index in [2.05, 4.69) is 15.8 Å². The molecule has 6 heteroatoms. The van der Waals surface area contributed by atoms with Gasteiger partial charge in [-0.25, -0.2) is 4.99 Å². The summed E-state index contributed by atoms with van der Waals surface area (Å²) in [5.41, 5.74) is 6.94. The normalized spacial score (nSPS) is 16.5. The Labute approximate surface area is 122 Å². The number of hydrazine groups is 1. The van der Waals surface area contributed by atoms with Crippen LogP contribution in [-0.2, 0) is 14.3 Å². The molecule has 0 saturated heterocycles. The molecule has 1 heterocycles. The number of nitrogens with one attached hydrogen (secondary N) is 2. The molecule has 0 atom stereocenters. The summed E-state index contributed by atoms with van der Waals surface area (Å²) < 4.78 is 4.88. The van der Waals surface area contributed by atoms with Crippen molar-refractivity contribution >= 4 is 17.7 Å². The van der Waals surface area contributed by atoms with Crippen LogP contribution in [0, 0.1) is 0 Å². The maximum atomic E-state index is 11.9. The van der Waals surface area contributed by atoms with Gasteiger partial charge in [0.25, 0.3) is 5.91 Å². The van der Waals surface area contributed by atoms with Gasteiger partial charge in [-0.05, 0) is 19.4 Å². The SMILES string of the molecule is CCOC(=O)C/C(C)=C1\N=C(c2ccccc2)NNC1=O. The monoisotopic (exact) mass is 287 g/mol. The van der Waals surface area contributed by atoms with Gasteiger partial charge in [-0.15, -0.1) is 0 Å². The second-order valence-corrected chi connectivity index (χ2v) is 4.52. The number of amides is 1. The predicted molar refractivity (Wildman–Crippen MR) is 78.2 cm³/mol. The largest absolute Gasteiger partial charge is 0.466 e. The minimum Gasteiger partial charge on any atom is -0.466 e. The fourth-order valence-electron chi connectivity index (χ4n) is 1.90. The van der Waals surface area contributed by atoms with Crippen LogP contribution >= 0.6 is 0 Å². The molecule has 1 aromatic carbocycles. The van der Waals surface area contributed by atoms with E-state index in [4.69, 9.17) is 4.74 Å². The van der Waals surface area contributed by atoms with Crippen molar-refractivity contribution in [2.75, 3.05) is 6.61 Å². The number of hydrogen-bond donors (Lipinski definition) is 2. The van der Waals surface area contributed by atoms with Crippen LogP contribution in [0.1, 0.15) is 25.8 Å². The second-order valence-electron chi connectivity index (χ2n) is 4.52. The van der Waals surface area contributed by atoms with E-state index in [-0.39, 0.29) is 24.0 Å². The van der Waals surface area contributed by atoms with E-state index in [0.717, 1.165) is 5.56 Å². The zero-order valence-electron chi connectivity index (χ0n) is 12.0. The van der Waals surface area contributed by atoms with E-state index in [1.807, 2.05) is 30.3 Å². The second kappa shape index (κ2) is 6.69. The summed E-state index contributed by atoms with van der Waals surface area (Å²) in [7, 11) is 0. The molecule has 21 heavy (non-hydrogen) atoms. The molecule has 0 bridgehead atoms. The van der Waals surface area contributed by atoms with E-state index in [1.165, 1.54) is 0 Å². The highest BCUT2D eigenvalue weighted by Crippen LogP contribution is 2.15. The van der Waals surface area contributed by atoms with Crippen LogP contribution < -0.4 is 10.9 Å². The molecular weight excluding hydrogens is 270 g/mol. The molecule has 0 aromatic heterocycles. The number of benzene rings is 1. The Balaban J connectivity index is 2.28. The molecule has 1 aromatic rings. The van der Waals surface area contributed by atoms with Crippen LogP contribution in [-0.4, -0.2) is 24.3 Å². The Hall–Kier alpha value is -2.63. The molecule has 6 nitrogen and oxygen atoms in total. The fraction of sp³-hybridized carbons (Fsp3) is 0.267. The zero-order valence-corrected chi connectivity index (χ0v) is 12.0. The third kappa shape index (κ3) is 3.68. The maximum Gasteiger partial charge on any atom is 0.309 e. The van der Waals surface area contributed by atoms with Crippen LogP contribution in [0.5, 0.6) is 0 Å². The molecule has 110 valence electrons. The van der Waals surface area contributed by atoms with Gasteiger partial charge in [-0.3, -0.25) is 20.4 Å². The number of nitrogens with zero attached hydrogens (tertiary/aromatic N) is 1. The molecule has 0 aliphatic carbocycles. The van der Waals surface area contributed by atoms with Gasteiger partial charge in [0.1, 0.15) is 5.70 Å². The third-order valence-electron chi connectivity index (χ3n) is 2.90. The minimum atomic E-state index is -0.370. The van der Waals surface area contributed by atoms with Crippen LogP contribution in [0.25, 0.3) is 0 Å². The average Bonchev–Trinajstić information content (AvgIpc) is 2.48. The Bertz CT molecular complexity index is 606. The number of aliphatic imine (C=N–C) groups is 1. The van der Waals surface area contributed by atoms with Crippen molar-refractivity contribution in [3.05, 3.63) is 47.2 Å². The molecule has 0 saturated carbocycles. The van der Waals surface area contributed by atoms with Crippen molar-refractivity contribution in [1.29, 1.82) is 0 Å². The topological polar surface area (TPSA) is 79.8 Å². The lowest BCUT2D eigenvalue weighted by molar-refractivity contribution is -0.142. The Morgan fingerprint density at radius 1 is 1.24 bits per heavy atom. The van der Waals surface area contributed by atoms with Gasteiger partial charge < -0.3 is 4.74 Å². The van der Waals surface area contributed by atoms with Crippen molar-refractivity contribution < 1.29 is 14.3 Å². The first-order valence-electron chi connectivity index (χ1n) is 6.67. The van der Waals surface area contributed by atoms with Crippen LogP contribution in [0.2, 0.25) is 0 Å². The van der Waals surface area contributed by atoms with Gasteiger partial charge in [0, 0.05) is 5.56 Å². The van der Waals surface area contributed by atoms with E-state index < -0.39 is 0 Å². The van der Waals surface area contributed by atoms with Crippen LogP contribution in [0.3, 0.4) is 0 Å². The predicted octanol–water partition coefficient (Wildman–Crippen LogP) is 1.29. The van der Waals surface area contributed by atoms with Crippen molar-refractivity contribution in [3.63, 3.8) is 0 Å². The molecule has 0 spiro atoms. The summed E-state index contributed by atoms with van der Waals surface area (Å²) in [5, 5.41) is 0. The lowest BCUT2D eigenvalue weighted by Crippen LogP contribution is -2.46. The third-order valence-corrected chi connectivity index (χ3v) is 2.90. The number of hydrogen-bond acceptors (Lipinski definition) is 5. The average molecular weight is 287 g/mol. The first-order chi connectivity index (χ1) is 10.1. The quantitative estimate of drug-likeness (QED) is 0.646. The Morgan fingerprint density at radius 3 is 2.62 bits per heavy atom. The number of carbonyl (C=O) groups excluding carboxylic acids is 2. The Morgan fingerprint density at radius 2 is 1.95 bits per heavy atom. The van der Waals surface area contributed by atoms with Gasteiger partial charge in [0.05, 0.1) is 13.0 Å². The first kappa shape index (κ1) is 14.8. The van der Waals surface area contributed by atoms with Gasteiger partial charge in [-0.2, -0.15) is 0 Å². The maximum absolute atomic E-state index is 11.9. The highest BCUT2D eigenvalue weighted by atomic mass is 16.5. The number of amidine groups is 1. The standard InChI is InChI=1S/C15H17N3O3/c1-3-21-12(19)9-10(2)13-15(20)18-17-14(16-13)11-7-5-4-6-8-11/h4-8H,3,9H2,1-2H3,(H,16,17)(H,18,20)/b13-10-. The molecule has 2 rings (SSSR count). The molecule has 1 aliphatic rings. The van der Waals surface area contributed by atoms with Gasteiger partial charge in [0.2, 0.25) is 0 Å². The van der Waals surface area contributed by atoms with E-state index >= 15 is 0 Å². The van der Waals surface area contributed by atoms with Crippen molar-refractivity contribution in [3.8, 4) is 0 Å². The zero-order chi connectivity index (χ0) is 15.2. The van der Waals surface area contributed by atoms with Crippen LogP contribution in [0.15, 0.2) is 46.6 Å². The minimum absolute atomic E-state index is 0.0438. The molecule has 1 aliphatic heterocycles. The molecule has 1 amide bonds. The van der Waals surface area contributed by atoms with Crippen molar-refractivity contribution in [2.24, 2.45) is 4.99 Å². The summed E-state index contributed by atoms with van der Waals surface area (Å²) in [5.74, 6) is -0.199. The Kier molecular flexibility index (Phi) is 4.71. The highest BCUT2D eigenvalue weighted by molar-refractivity contribution is 6.08. The number of rotatable bonds is 4. The summed E-state index contributed by atoms with van der Waals surface area (Å²) in [6.07, 6.45) is 0.0438. The summed E-state index contributed by atoms with van der Waals surface area (Å²) in [6.45, 7) is 3.75. The van der Waals surface area contributed by atoms with E-state index in [1.54, 1.807) is 13.8 Å². The molecule has 0 radical (unpaired) electrons. The summed E-state index contributed by atoms with van der Waals surface area (Å²) in [4.78, 5) is 27.7. The van der Waals surface area contributed by atoms with Crippen LogP contribution in [0.4, 0.5) is 0 Å². The first-order valence-corrected chi connectivity index (χ1v) is 6.67. The smallest absolute Gasteiger partial charge is 0.309 e. The number of esters is 1. The van der Waals surface area contributed by atoms with E-state index in [0.29, 0.717) is 18.0 Å². The van der Waals surface area contributed by atoms with E-state index in [9.17, 15) is 9.59 Å². The number of carbonyl (C=O) groups is 2. The molecule has 0 fully saturated rings. The lowest BCUT2D eigenvalue weighted by atomic mass is 10.1. The van der Waals surface area contributed by atoms with Gasteiger partial charge >= 0.3 is 5.97 Å². The lowest BCUT2D eigenvalue weighted by Gasteiger charge is -2.19. The van der Waals surface area contributed by atoms with Crippen molar-refractivity contribution in [2.45, 2.75) is 20.3 Å². The molecule has 2 N–H and O–H groups in total.